The van der Waals surface area contributed by atoms with Crippen molar-refractivity contribution in [3.05, 3.63) is 47.5 Å². The van der Waals surface area contributed by atoms with E-state index in [1.54, 1.807) is 37.3 Å². The van der Waals surface area contributed by atoms with Gasteiger partial charge in [-0.05, 0) is 98.5 Å². The number of aliphatic hydroxyl groups is 1. The number of carboxylic acids is 1. The Hall–Kier alpha value is -3.00. The molecule has 0 radical (unpaired) electrons. The molecule has 1 aromatic carbocycles. The molecule has 1 aromatic rings. The number of fused-ring (bicyclic) bond motifs is 5. The van der Waals surface area contributed by atoms with Crippen LogP contribution in [0, 0.1) is 34.5 Å². The molecule has 0 bridgehead atoms. The lowest BCUT2D eigenvalue weighted by Crippen LogP contribution is -2.51. The zero-order chi connectivity index (χ0) is 28.7. The molecule has 40 heavy (non-hydrogen) atoms. The van der Waals surface area contributed by atoms with Gasteiger partial charge in [0.1, 0.15) is 11.9 Å². The van der Waals surface area contributed by atoms with E-state index < -0.39 is 30.6 Å². The minimum Gasteiger partial charge on any atom is -0.480 e. The van der Waals surface area contributed by atoms with Crippen molar-refractivity contribution in [2.75, 3.05) is 6.61 Å². The molecule has 1 amide bonds. The van der Waals surface area contributed by atoms with Crippen molar-refractivity contribution < 1.29 is 29.4 Å². The molecule has 8 nitrogen and oxygen atoms in total. The average molecular weight is 551 g/mol. The van der Waals surface area contributed by atoms with Gasteiger partial charge in [0.2, 0.25) is 0 Å². The van der Waals surface area contributed by atoms with Crippen LogP contribution >= 0.6 is 0 Å². The predicted octanol–water partition coefficient (Wildman–Crippen LogP) is 4.83. The molecule has 0 aromatic heterocycles. The van der Waals surface area contributed by atoms with Gasteiger partial charge in [-0.2, -0.15) is 0 Å². The molecule has 3 saturated carbocycles. The van der Waals surface area contributed by atoms with E-state index in [0.717, 1.165) is 50.7 Å². The number of hydrogen-bond acceptors (Lipinski definition) is 6. The van der Waals surface area contributed by atoms with E-state index in [9.17, 15) is 24.6 Å². The largest absolute Gasteiger partial charge is 0.480 e. The van der Waals surface area contributed by atoms with Gasteiger partial charge in [0.05, 0.1) is 5.71 Å². The van der Waals surface area contributed by atoms with Crippen molar-refractivity contribution >= 4 is 23.4 Å². The highest BCUT2D eigenvalue weighted by molar-refractivity contribution is 5.96. The van der Waals surface area contributed by atoms with E-state index in [2.05, 4.69) is 30.4 Å². The first-order valence-corrected chi connectivity index (χ1v) is 14.7. The molecule has 216 valence electrons. The van der Waals surface area contributed by atoms with Gasteiger partial charge in [-0.3, -0.25) is 9.59 Å². The van der Waals surface area contributed by atoms with Crippen LogP contribution in [0.5, 0.6) is 0 Å². The minimum absolute atomic E-state index is 0.122. The molecule has 3 N–H and O–H groups in total. The van der Waals surface area contributed by atoms with Crippen LogP contribution in [0.3, 0.4) is 0 Å². The second-order valence-corrected chi connectivity index (χ2v) is 12.9. The standard InChI is InChI=1S/C32H42N2O6/c1-19(35)24-11-12-25-23-10-9-21-17-22(13-15-31(21,2)26(23)14-16-32(24,25)3)34-40-18-27(36)33-28(30(38)39)29(37)20-7-5-4-6-8-20/h4-8,17,23-26,28-29,37H,9-16,18H2,1-3H3,(H,33,36)(H,38,39)/b34-22+/t23-,24+,25-,26-,28+,29+,31-,32+/m0/s1. The number of ketones is 1. The van der Waals surface area contributed by atoms with Gasteiger partial charge in [-0.25, -0.2) is 4.79 Å². The zero-order valence-corrected chi connectivity index (χ0v) is 23.8. The van der Waals surface area contributed by atoms with Crippen LogP contribution < -0.4 is 5.32 Å². The Bertz CT molecular complexity index is 1210. The Morgan fingerprint density at radius 1 is 1.05 bits per heavy atom. The number of Topliss-reactive ketones (excluding diaryl/α,β-unsaturated/α-hetero) is 1. The maximum absolute atomic E-state index is 12.4. The fraction of sp³-hybridized carbons (Fsp3) is 0.625. The third-order valence-corrected chi connectivity index (χ3v) is 10.9. The average Bonchev–Trinajstić information content (AvgIpc) is 3.29. The number of aliphatic carboxylic acids is 1. The molecule has 5 rings (SSSR count). The number of nitrogens with zero attached hydrogens (tertiary/aromatic N) is 1. The van der Waals surface area contributed by atoms with Gasteiger partial charge in [0.15, 0.2) is 12.6 Å². The summed E-state index contributed by atoms with van der Waals surface area (Å²) < 4.78 is 0. The molecule has 0 unspecified atom stereocenters. The zero-order valence-electron chi connectivity index (χ0n) is 23.8. The number of hydrogen-bond donors (Lipinski definition) is 3. The monoisotopic (exact) mass is 550 g/mol. The van der Waals surface area contributed by atoms with Crippen LogP contribution in [0.25, 0.3) is 0 Å². The Balaban J connectivity index is 1.20. The summed E-state index contributed by atoms with van der Waals surface area (Å²) in [5, 5.41) is 26.6. The van der Waals surface area contributed by atoms with E-state index in [-0.39, 0.29) is 16.7 Å². The minimum atomic E-state index is -1.50. The van der Waals surface area contributed by atoms with E-state index in [4.69, 9.17) is 4.84 Å². The fourth-order valence-corrected chi connectivity index (χ4v) is 8.82. The first-order chi connectivity index (χ1) is 19.0. The van der Waals surface area contributed by atoms with Gasteiger partial charge in [-0.1, -0.05) is 54.9 Å². The van der Waals surface area contributed by atoms with E-state index in [1.165, 1.54) is 12.0 Å². The van der Waals surface area contributed by atoms with Gasteiger partial charge in [0, 0.05) is 5.92 Å². The number of carbonyl (C=O) groups is 3. The topological polar surface area (TPSA) is 125 Å². The number of aliphatic hydroxyl groups excluding tert-OH is 1. The van der Waals surface area contributed by atoms with Gasteiger partial charge < -0.3 is 20.4 Å². The number of oxime groups is 1. The highest BCUT2D eigenvalue weighted by atomic mass is 16.6. The summed E-state index contributed by atoms with van der Waals surface area (Å²) in [5.74, 6) is 0.502. The summed E-state index contributed by atoms with van der Waals surface area (Å²) in [6.45, 7) is 6.13. The smallest absolute Gasteiger partial charge is 0.329 e. The van der Waals surface area contributed by atoms with Crippen LogP contribution in [0.4, 0.5) is 0 Å². The number of allylic oxidation sites excluding steroid dienone is 2. The first kappa shape index (κ1) is 28.5. The van der Waals surface area contributed by atoms with Gasteiger partial charge >= 0.3 is 5.97 Å². The summed E-state index contributed by atoms with van der Waals surface area (Å²) in [7, 11) is 0. The highest BCUT2D eigenvalue weighted by Gasteiger charge is 2.59. The van der Waals surface area contributed by atoms with Crippen LogP contribution in [0.15, 0.2) is 47.1 Å². The second kappa shape index (κ2) is 11.1. The Kier molecular flexibility index (Phi) is 7.92. The first-order valence-electron chi connectivity index (χ1n) is 14.7. The molecule has 8 heteroatoms. The number of carboxylic acid groups (broad SMARTS) is 1. The number of amides is 1. The lowest BCUT2D eigenvalue weighted by atomic mass is 9.46. The summed E-state index contributed by atoms with van der Waals surface area (Å²) in [6.07, 6.45) is 9.17. The molecule has 4 aliphatic rings. The summed E-state index contributed by atoms with van der Waals surface area (Å²) in [5.41, 5.74) is 2.88. The maximum atomic E-state index is 12.4. The molecule has 0 aliphatic heterocycles. The molecule has 4 aliphatic carbocycles. The second-order valence-electron chi connectivity index (χ2n) is 12.9. The summed E-state index contributed by atoms with van der Waals surface area (Å²) in [6, 6.07) is 6.86. The van der Waals surface area contributed by atoms with Crippen LogP contribution in [0.2, 0.25) is 0 Å². The molecular formula is C32H42N2O6. The van der Waals surface area contributed by atoms with E-state index >= 15 is 0 Å². The van der Waals surface area contributed by atoms with Crippen molar-refractivity contribution in [3.8, 4) is 0 Å². The number of nitrogens with one attached hydrogen (secondary N) is 1. The van der Waals surface area contributed by atoms with Crippen LogP contribution in [0.1, 0.15) is 83.8 Å². The predicted molar refractivity (Wildman–Crippen MR) is 150 cm³/mol. The highest BCUT2D eigenvalue weighted by Crippen LogP contribution is 2.66. The Morgan fingerprint density at radius 3 is 2.50 bits per heavy atom. The van der Waals surface area contributed by atoms with Crippen molar-refractivity contribution in [3.63, 3.8) is 0 Å². The van der Waals surface area contributed by atoms with Crippen molar-refractivity contribution in [2.24, 2.45) is 39.7 Å². The fourth-order valence-electron chi connectivity index (χ4n) is 8.82. The number of carbonyl (C=O) groups excluding carboxylic acids is 2. The molecular weight excluding hydrogens is 508 g/mol. The molecule has 0 heterocycles. The molecule has 8 atom stereocenters. The quantitative estimate of drug-likeness (QED) is 0.398. The molecule has 0 spiro atoms. The van der Waals surface area contributed by atoms with E-state index in [1.807, 2.05) is 0 Å². The van der Waals surface area contributed by atoms with Crippen molar-refractivity contribution in [1.82, 2.24) is 5.32 Å². The summed E-state index contributed by atoms with van der Waals surface area (Å²) in [4.78, 5) is 41.9. The number of benzene rings is 1. The Morgan fingerprint density at radius 2 is 1.80 bits per heavy atom. The van der Waals surface area contributed by atoms with Gasteiger partial charge in [0.25, 0.3) is 5.91 Å². The van der Waals surface area contributed by atoms with Crippen LogP contribution in [-0.2, 0) is 19.2 Å². The third kappa shape index (κ3) is 5.11. The lowest BCUT2D eigenvalue weighted by Gasteiger charge is -2.58. The van der Waals surface area contributed by atoms with E-state index in [0.29, 0.717) is 29.1 Å². The van der Waals surface area contributed by atoms with Gasteiger partial charge in [-0.15, -0.1) is 0 Å². The normalized spacial score (nSPS) is 35.4. The summed E-state index contributed by atoms with van der Waals surface area (Å²) >= 11 is 0. The number of rotatable bonds is 8. The third-order valence-electron chi connectivity index (χ3n) is 10.9. The lowest BCUT2D eigenvalue weighted by molar-refractivity contribution is -0.146. The van der Waals surface area contributed by atoms with Crippen molar-refractivity contribution in [2.45, 2.75) is 84.3 Å². The molecule has 3 fully saturated rings. The maximum Gasteiger partial charge on any atom is 0.329 e. The SMILES string of the molecule is CC(=O)[C@H]1CC[C@H]2[C@@H]3CCC4=C/C(=N/OCC(=O)N[C@@H](C(=O)O)[C@H](O)c5ccccc5)CC[C@]4(C)[C@H]3CC[C@]12C. The Labute approximate surface area is 236 Å². The molecule has 0 saturated heterocycles. The van der Waals surface area contributed by atoms with Crippen LogP contribution in [-0.4, -0.2) is 46.2 Å². The van der Waals surface area contributed by atoms with Crippen molar-refractivity contribution in [1.29, 1.82) is 0 Å².